The maximum absolute atomic E-state index is 12.8. The Hall–Kier alpha value is -2.47. The van der Waals surface area contributed by atoms with Crippen LogP contribution in [0.4, 0.5) is 4.39 Å². The van der Waals surface area contributed by atoms with Crippen molar-refractivity contribution in [2.75, 3.05) is 6.61 Å². The van der Waals surface area contributed by atoms with Crippen molar-refractivity contribution in [3.05, 3.63) is 54.3 Å². The monoisotopic (exact) mass is 270 g/mol. The smallest absolute Gasteiger partial charge is 0.127 e. The lowest BCUT2D eigenvalue weighted by atomic mass is 10.3. The van der Waals surface area contributed by atoms with Crippen molar-refractivity contribution in [2.24, 2.45) is 0 Å². The van der Waals surface area contributed by atoms with E-state index in [1.165, 1.54) is 12.1 Å². The molecule has 102 valence electrons. The predicted octanol–water partition coefficient (Wildman–Crippen LogP) is 4.41. The van der Waals surface area contributed by atoms with Crippen molar-refractivity contribution in [1.29, 1.82) is 0 Å². The van der Waals surface area contributed by atoms with Gasteiger partial charge in [-0.2, -0.15) is 0 Å². The summed E-state index contributed by atoms with van der Waals surface area (Å²) in [6, 6.07) is 13.2. The highest BCUT2D eigenvalue weighted by Crippen LogP contribution is 2.24. The Kier molecular flexibility index (Phi) is 5.02. The molecule has 0 spiro atoms. The standard InChI is InChI=1S/C17H15FO2/c1-2-3-4-13-19-15-9-11-17(12-10-15)20-16-7-5-14(18)6-8-16/h1,5-12H,3-4,13H2. The van der Waals surface area contributed by atoms with E-state index < -0.39 is 0 Å². The van der Waals surface area contributed by atoms with Gasteiger partial charge in [-0.05, 0) is 55.0 Å². The first-order chi connectivity index (χ1) is 9.78. The lowest BCUT2D eigenvalue weighted by Crippen LogP contribution is -1.96. The van der Waals surface area contributed by atoms with Crippen molar-refractivity contribution < 1.29 is 13.9 Å². The maximum atomic E-state index is 12.8. The average Bonchev–Trinajstić information content (AvgIpc) is 2.48. The summed E-state index contributed by atoms with van der Waals surface area (Å²) in [7, 11) is 0. The molecule has 2 rings (SSSR count). The van der Waals surface area contributed by atoms with Crippen LogP contribution in [-0.2, 0) is 0 Å². The van der Waals surface area contributed by atoms with Gasteiger partial charge in [-0.25, -0.2) is 4.39 Å². The van der Waals surface area contributed by atoms with E-state index >= 15 is 0 Å². The molecule has 2 aromatic carbocycles. The van der Waals surface area contributed by atoms with Gasteiger partial charge >= 0.3 is 0 Å². The first kappa shape index (κ1) is 14.0. The average molecular weight is 270 g/mol. The number of terminal acetylenes is 1. The molecule has 0 aliphatic carbocycles. The Morgan fingerprint density at radius 1 is 0.900 bits per heavy atom. The second kappa shape index (κ2) is 7.20. The van der Waals surface area contributed by atoms with Crippen LogP contribution in [0, 0.1) is 18.2 Å². The molecule has 0 bridgehead atoms. The normalized spacial score (nSPS) is 9.80. The van der Waals surface area contributed by atoms with Crippen LogP contribution in [-0.4, -0.2) is 6.61 Å². The van der Waals surface area contributed by atoms with Crippen LogP contribution in [0.5, 0.6) is 17.2 Å². The Balaban J connectivity index is 1.88. The van der Waals surface area contributed by atoms with E-state index in [0.717, 1.165) is 12.2 Å². The fraction of sp³-hybridized carbons (Fsp3) is 0.176. The molecule has 0 heterocycles. The molecule has 0 saturated carbocycles. The zero-order chi connectivity index (χ0) is 14.2. The van der Waals surface area contributed by atoms with Crippen LogP contribution in [0.15, 0.2) is 48.5 Å². The van der Waals surface area contributed by atoms with Crippen molar-refractivity contribution in [3.63, 3.8) is 0 Å². The largest absolute Gasteiger partial charge is 0.494 e. The highest BCUT2D eigenvalue weighted by Gasteiger charge is 1.99. The number of ether oxygens (including phenoxy) is 2. The van der Waals surface area contributed by atoms with Gasteiger partial charge in [0, 0.05) is 6.42 Å². The third kappa shape index (κ3) is 4.33. The van der Waals surface area contributed by atoms with Crippen molar-refractivity contribution in [3.8, 4) is 29.6 Å². The first-order valence-corrected chi connectivity index (χ1v) is 6.37. The Morgan fingerprint density at radius 3 is 2.05 bits per heavy atom. The minimum Gasteiger partial charge on any atom is -0.494 e. The molecule has 0 unspecified atom stereocenters. The second-order valence-electron chi connectivity index (χ2n) is 4.18. The summed E-state index contributed by atoms with van der Waals surface area (Å²) in [4.78, 5) is 0. The summed E-state index contributed by atoms with van der Waals surface area (Å²) in [6.45, 7) is 0.600. The molecule has 0 atom stereocenters. The summed E-state index contributed by atoms with van der Waals surface area (Å²) < 4.78 is 23.9. The van der Waals surface area contributed by atoms with Gasteiger partial charge in [-0.1, -0.05) is 0 Å². The van der Waals surface area contributed by atoms with E-state index in [9.17, 15) is 4.39 Å². The fourth-order valence-electron chi connectivity index (χ4n) is 1.61. The lowest BCUT2D eigenvalue weighted by molar-refractivity contribution is 0.312. The van der Waals surface area contributed by atoms with Crippen LogP contribution < -0.4 is 9.47 Å². The minimum absolute atomic E-state index is 0.284. The van der Waals surface area contributed by atoms with Gasteiger partial charge in [0.2, 0.25) is 0 Å². The summed E-state index contributed by atoms with van der Waals surface area (Å²) >= 11 is 0. The van der Waals surface area contributed by atoms with E-state index in [1.54, 1.807) is 24.3 Å². The highest BCUT2D eigenvalue weighted by molar-refractivity contribution is 5.35. The summed E-state index contributed by atoms with van der Waals surface area (Å²) in [5.74, 6) is 4.32. The Morgan fingerprint density at radius 2 is 1.45 bits per heavy atom. The van der Waals surface area contributed by atoms with Gasteiger partial charge in [0.25, 0.3) is 0 Å². The fourth-order valence-corrected chi connectivity index (χ4v) is 1.61. The molecule has 0 fully saturated rings. The topological polar surface area (TPSA) is 18.5 Å². The molecule has 0 saturated heterocycles. The van der Waals surface area contributed by atoms with E-state index in [1.807, 2.05) is 12.1 Å². The summed E-state index contributed by atoms with van der Waals surface area (Å²) in [5.41, 5.74) is 0. The van der Waals surface area contributed by atoms with E-state index in [0.29, 0.717) is 24.5 Å². The molecule has 0 aromatic heterocycles. The third-order valence-electron chi connectivity index (χ3n) is 2.61. The number of benzene rings is 2. The molecule has 3 heteroatoms. The van der Waals surface area contributed by atoms with Crippen molar-refractivity contribution >= 4 is 0 Å². The second-order valence-corrected chi connectivity index (χ2v) is 4.18. The molecule has 0 N–H and O–H groups in total. The van der Waals surface area contributed by atoms with Crippen LogP contribution in [0.25, 0.3) is 0 Å². The van der Waals surface area contributed by atoms with E-state index in [2.05, 4.69) is 5.92 Å². The van der Waals surface area contributed by atoms with Crippen LogP contribution in [0.2, 0.25) is 0 Å². The van der Waals surface area contributed by atoms with Gasteiger partial charge in [-0.3, -0.25) is 0 Å². The number of rotatable bonds is 6. The SMILES string of the molecule is C#CCCCOc1ccc(Oc2ccc(F)cc2)cc1. The number of unbranched alkanes of at least 4 members (excludes halogenated alkanes) is 1. The molecule has 2 nitrogen and oxygen atoms in total. The maximum Gasteiger partial charge on any atom is 0.127 e. The molecule has 0 aliphatic rings. The highest BCUT2D eigenvalue weighted by atomic mass is 19.1. The number of halogens is 1. The molecular weight excluding hydrogens is 255 g/mol. The molecule has 0 radical (unpaired) electrons. The molecule has 2 aromatic rings. The Bertz CT molecular complexity index is 567. The van der Waals surface area contributed by atoms with E-state index in [4.69, 9.17) is 15.9 Å². The van der Waals surface area contributed by atoms with Crippen molar-refractivity contribution in [2.45, 2.75) is 12.8 Å². The lowest BCUT2D eigenvalue weighted by Gasteiger charge is -2.08. The molecule has 20 heavy (non-hydrogen) atoms. The summed E-state index contributed by atoms with van der Waals surface area (Å²) in [5, 5.41) is 0. The molecule has 0 aliphatic heterocycles. The van der Waals surface area contributed by atoms with E-state index in [-0.39, 0.29) is 5.82 Å². The number of hydrogen-bond acceptors (Lipinski definition) is 2. The van der Waals surface area contributed by atoms with Crippen LogP contribution in [0.1, 0.15) is 12.8 Å². The van der Waals surface area contributed by atoms with Crippen LogP contribution >= 0.6 is 0 Å². The summed E-state index contributed by atoms with van der Waals surface area (Å²) in [6.07, 6.45) is 6.72. The Labute approximate surface area is 118 Å². The van der Waals surface area contributed by atoms with Gasteiger partial charge < -0.3 is 9.47 Å². The van der Waals surface area contributed by atoms with Gasteiger partial charge in [0.1, 0.15) is 23.1 Å². The zero-order valence-electron chi connectivity index (χ0n) is 11.0. The third-order valence-corrected chi connectivity index (χ3v) is 2.61. The van der Waals surface area contributed by atoms with Gasteiger partial charge in [0.15, 0.2) is 0 Å². The minimum atomic E-state index is -0.284. The predicted molar refractivity (Wildman–Crippen MR) is 76.5 cm³/mol. The molecule has 0 amide bonds. The van der Waals surface area contributed by atoms with Crippen molar-refractivity contribution in [1.82, 2.24) is 0 Å². The van der Waals surface area contributed by atoms with Gasteiger partial charge in [0.05, 0.1) is 6.61 Å². The van der Waals surface area contributed by atoms with Gasteiger partial charge in [-0.15, -0.1) is 12.3 Å². The zero-order valence-corrected chi connectivity index (χ0v) is 11.0. The van der Waals surface area contributed by atoms with Crippen LogP contribution in [0.3, 0.4) is 0 Å². The first-order valence-electron chi connectivity index (χ1n) is 6.37. The molecular formula is C17H15FO2. The quantitative estimate of drug-likeness (QED) is 0.571. The number of hydrogen-bond donors (Lipinski definition) is 0.